The minimum Gasteiger partial charge on any atom is -0.325 e. The first-order valence-electron chi connectivity index (χ1n) is 15.6. The van der Waals surface area contributed by atoms with Crippen LogP contribution in [-0.4, -0.2) is 4.55 Å². The van der Waals surface area contributed by atoms with Crippen molar-refractivity contribution in [3.05, 3.63) is 29.8 Å². The Bertz CT molecular complexity index is 862. The molecule has 0 bridgehead atoms. The lowest BCUT2D eigenvalue weighted by atomic mass is 9.44. The standard InChI is InChI=1S/C34H54OS/c1-23(2)7-6-8-24(3)30-15-16-31-29-14-11-27-22-26(21-25-9-12-28(36-35)13-10-25)17-19-33(27,4)32(29)18-20-34(30,31)5/h9-10,12-13,23-24,26-27,29-32,35H,6-8,11,14-22H2,1-5H3/t24?,26?,27?,29?,30?,31?,32?,33-,34+/m0/s1. The van der Waals surface area contributed by atoms with Crippen LogP contribution in [0.4, 0.5) is 0 Å². The fourth-order valence-electron chi connectivity index (χ4n) is 10.6. The molecular formula is C34H54OS. The van der Waals surface area contributed by atoms with Crippen molar-refractivity contribution in [2.45, 2.75) is 123 Å². The lowest BCUT2D eigenvalue weighted by Gasteiger charge is -2.61. The molecule has 1 aromatic rings. The molecule has 0 amide bonds. The Morgan fingerprint density at radius 2 is 1.58 bits per heavy atom. The SMILES string of the molecule is CC(C)CCCC(C)C1CCC2C3CCC4CC(Cc5ccc(SO)cc5)CC[C@]4(C)C3CC[C@]12C. The number of fused-ring (bicyclic) bond motifs is 5. The first-order chi connectivity index (χ1) is 17.2. The lowest BCUT2D eigenvalue weighted by molar-refractivity contribution is -0.121. The highest BCUT2D eigenvalue weighted by Crippen LogP contribution is 2.68. The van der Waals surface area contributed by atoms with Crippen LogP contribution in [0.5, 0.6) is 0 Å². The summed E-state index contributed by atoms with van der Waals surface area (Å²) in [4.78, 5) is 0.955. The fourth-order valence-corrected chi connectivity index (χ4v) is 10.8. The van der Waals surface area contributed by atoms with E-state index in [-0.39, 0.29) is 0 Å². The minimum atomic E-state index is 0.596. The van der Waals surface area contributed by atoms with Crippen LogP contribution < -0.4 is 0 Å². The summed E-state index contributed by atoms with van der Waals surface area (Å²) in [7, 11) is 0. The second-order valence-corrected chi connectivity index (χ2v) is 15.4. The van der Waals surface area contributed by atoms with Crippen LogP contribution in [0.1, 0.15) is 117 Å². The predicted molar refractivity (Wildman–Crippen MR) is 155 cm³/mol. The third kappa shape index (κ3) is 5.09. The van der Waals surface area contributed by atoms with Gasteiger partial charge in [-0.3, -0.25) is 0 Å². The summed E-state index contributed by atoms with van der Waals surface area (Å²) in [5, 5.41) is 0. The molecular weight excluding hydrogens is 456 g/mol. The number of hydrogen-bond donors (Lipinski definition) is 1. The van der Waals surface area contributed by atoms with Gasteiger partial charge >= 0.3 is 0 Å². The van der Waals surface area contributed by atoms with E-state index in [9.17, 15) is 4.55 Å². The van der Waals surface area contributed by atoms with Gasteiger partial charge < -0.3 is 4.55 Å². The van der Waals surface area contributed by atoms with Crippen LogP contribution in [-0.2, 0) is 6.42 Å². The van der Waals surface area contributed by atoms with E-state index in [0.29, 0.717) is 10.8 Å². The summed E-state index contributed by atoms with van der Waals surface area (Å²) in [5.74, 6) is 7.56. The average Bonchev–Trinajstić information content (AvgIpc) is 3.22. The molecule has 0 radical (unpaired) electrons. The highest BCUT2D eigenvalue weighted by Gasteiger charge is 2.60. The highest BCUT2D eigenvalue weighted by molar-refractivity contribution is 7.93. The lowest BCUT2D eigenvalue weighted by Crippen LogP contribution is -2.53. The highest BCUT2D eigenvalue weighted by atomic mass is 32.2. The van der Waals surface area contributed by atoms with Crippen LogP contribution in [0.25, 0.3) is 0 Å². The zero-order chi connectivity index (χ0) is 25.5. The van der Waals surface area contributed by atoms with Gasteiger partial charge in [0.1, 0.15) is 0 Å². The van der Waals surface area contributed by atoms with Crippen molar-refractivity contribution in [1.82, 2.24) is 0 Å². The van der Waals surface area contributed by atoms with Gasteiger partial charge in [0.2, 0.25) is 0 Å². The molecule has 0 aliphatic heterocycles. The topological polar surface area (TPSA) is 20.2 Å². The van der Waals surface area contributed by atoms with Gasteiger partial charge in [-0.1, -0.05) is 66.0 Å². The van der Waals surface area contributed by atoms with Gasteiger partial charge in [-0.15, -0.1) is 0 Å². The summed E-state index contributed by atoms with van der Waals surface area (Å²) < 4.78 is 9.29. The summed E-state index contributed by atoms with van der Waals surface area (Å²) in [6, 6.07) is 8.64. The number of hydrogen-bond acceptors (Lipinski definition) is 2. The average molecular weight is 511 g/mol. The molecule has 0 aromatic heterocycles. The molecule has 1 nitrogen and oxygen atoms in total. The summed E-state index contributed by atoms with van der Waals surface area (Å²) in [5.41, 5.74) is 2.68. The molecule has 2 heteroatoms. The van der Waals surface area contributed by atoms with E-state index >= 15 is 0 Å². The second-order valence-electron chi connectivity index (χ2n) is 14.8. The van der Waals surface area contributed by atoms with E-state index in [2.05, 4.69) is 58.9 Å². The van der Waals surface area contributed by atoms with Gasteiger partial charge in [0.05, 0.1) is 0 Å². The van der Waals surface area contributed by atoms with Gasteiger partial charge in [-0.05, 0) is 140 Å². The van der Waals surface area contributed by atoms with Gasteiger partial charge in [-0.25, -0.2) is 0 Å². The van der Waals surface area contributed by atoms with Crippen molar-refractivity contribution in [3.63, 3.8) is 0 Å². The zero-order valence-electron chi connectivity index (χ0n) is 24.0. The zero-order valence-corrected chi connectivity index (χ0v) is 24.8. The quantitative estimate of drug-likeness (QED) is 0.351. The Morgan fingerprint density at radius 3 is 2.31 bits per heavy atom. The predicted octanol–water partition coefficient (Wildman–Crippen LogP) is 10.5. The molecule has 9 atom stereocenters. The molecule has 36 heavy (non-hydrogen) atoms. The summed E-state index contributed by atoms with van der Waals surface area (Å²) in [6.07, 6.45) is 19.0. The molecule has 0 heterocycles. The molecule has 4 aliphatic rings. The van der Waals surface area contributed by atoms with E-state index in [1.54, 1.807) is 0 Å². The van der Waals surface area contributed by atoms with E-state index in [0.717, 1.165) is 64.3 Å². The van der Waals surface area contributed by atoms with Crippen molar-refractivity contribution in [1.29, 1.82) is 0 Å². The van der Waals surface area contributed by atoms with Crippen molar-refractivity contribution < 1.29 is 4.55 Å². The third-order valence-electron chi connectivity index (χ3n) is 12.5. The van der Waals surface area contributed by atoms with Crippen LogP contribution in [0.3, 0.4) is 0 Å². The Morgan fingerprint density at radius 1 is 0.861 bits per heavy atom. The van der Waals surface area contributed by atoms with Crippen LogP contribution in [0.15, 0.2) is 29.2 Å². The molecule has 1 aromatic carbocycles. The molecule has 0 spiro atoms. The van der Waals surface area contributed by atoms with E-state index in [4.69, 9.17) is 0 Å². The maximum atomic E-state index is 9.29. The van der Waals surface area contributed by atoms with Gasteiger partial charge in [0.15, 0.2) is 0 Å². The van der Waals surface area contributed by atoms with Crippen LogP contribution in [0, 0.1) is 58.2 Å². The molecule has 202 valence electrons. The van der Waals surface area contributed by atoms with Gasteiger partial charge in [0, 0.05) is 16.9 Å². The van der Waals surface area contributed by atoms with Crippen molar-refractivity contribution in [2.75, 3.05) is 0 Å². The second kappa shape index (κ2) is 11.0. The van der Waals surface area contributed by atoms with Gasteiger partial charge in [0.25, 0.3) is 0 Å². The maximum absolute atomic E-state index is 9.29. The molecule has 5 rings (SSSR count). The van der Waals surface area contributed by atoms with Crippen molar-refractivity contribution >= 4 is 12.0 Å². The van der Waals surface area contributed by atoms with Crippen LogP contribution in [0.2, 0.25) is 0 Å². The van der Waals surface area contributed by atoms with E-state index in [1.165, 1.54) is 89.0 Å². The first kappa shape index (κ1) is 27.1. The fraction of sp³-hybridized carbons (Fsp3) is 0.824. The number of rotatable bonds is 8. The van der Waals surface area contributed by atoms with Crippen LogP contribution >= 0.6 is 12.0 Å². The van der Waals surface area contributed by atoms with Crippen molar-refractivity contribution in [3.8, 4) is 0 Å². The molecule has 7 unspecified atom stereocenters. The Balaban J connectivity index is 1.22. The van der Waals surface area contributed by atoms with E-state index < -0.39 is 0 Å². The smallest absolute Gasteiger partial charge is 0.0351 e. The summed E-state index contributed by atoms with van der Waals surface area (Å²) >= 11 is 0.860. The number of benzene rings is 1. The molecule has 4 aliphatic carbocycles. The molecule has 4 fully saturated rings. The third-order valence-corrected chi connectivity index (χ3v) is 13.0. The van der Waals surface area contributed by atoms with Gasteiger partial charge in [-0.2, -0.15) is 0 Å². The minimum absolute atomic E-state index is 0.596. The first-order valence-corrected chi connectivity index (χ1v) is 16.4. The monoisotopic (exact) mass is 510 g/mol. The Kier molecular flexibility index (Phi) is 8.25. The Labute approximate surface area is 227 Å². The summed E-state index contributed by atoms with van der Waals surface area (Å²) in [6.45, 7) is 12.9. The largest absolute Gasteiger partial charge is 0.325 e. The molecule has 1 N–H and O–H groups in total. The molecule has 0 saturated heterocycles. The normalized spacial score (nSPS) is 41.0. The van der Waals surface area contributed by atoms with Crippen molar-refractivity contribution in [2.24, 2.45) is 58.2 Å². The van der Waals surface area contributed by atoms with E-state index in [1.807, 2.05) is 0 Å². The Hall–Kier alpha value is -0.470. The molecule has 4 saturated carbocycles. The maximum Gasteiger partial charge on any atom is 0.0351 e.